The summed E-state index contributed by atoms with van der Waals surface area (Å²) in [4.78, 5) is 17.4. The van der Waals surface area contributed by atoms with E-state index in [0.29, 0.717) is 6.04 Å². The van der Waals surface area contributed by atoms with Gasteiger partial charge in [-0.05, 0) is 70.0 Å². The van der Waals surface area contributed by atoms with Crippen LogP contribution in [-0.4, -0.2) is 51.7 Å². The van der Waals surface area contributed by atoms with Crippen molar-refractivity contribution in [1.29, 1.82) is 0 Å². The van der Waals surface area contributed by atoms with Crippen molar-refractivity contribution in [2.45, 2.75) is 52.1 Å². The minimum atomic E-state index is 0.142. The van der Waals surface area contributed by atoms with E-state index in [2.05, 4.69) is 39.8 Å². The zero-order chi connectivity index (χ0) is 18.8. The fourth-order valence-electron chi connectivity index (χ4n) is 4.45. The first-order chi connectivity index (χ1) is 13.1. The van der Waals surface area contributed by atoms with Crippen LogP contribution in [0.15, 0.2) is 30.3 Å². The predicted molar refractivity (Wildman–Crippen MR) is 107 cm³/mol. The molecule has 0 spiro atoms. The lowest BCUT2D eigenvalue weighted by Crippen LogP contribution is -2.30. The standard InChI is InChI=1S/C22H30N4O/c1-17-14-18(2)26(23-17)21-10-13-25(16-21)22(27)20-8-6-19(7-9-20)15-24-11-4-3-5-12-24/h6-9,14,21H,3-5,10-13,15-16H2,1-2H3/t21-/m0/s1. The van der Waals surface area contributed by atoms with Crippen LogP contribution in [0.4, 0.5) is 0 Å². The largest absolute Gasteiger partial charge is 0.336 e. The summed E-state index contributed by atoms with van der Waals surface area (Å²) in [5, 5.41) is 4.60. The molecule has 2 aliphatic heterocycles. The monoisotopic (exact) mass is 366 g/mol. The van der Waals surface area contributed by atoms with E-state index in [0.717, 1.165) is 37.3 Å². The number of rotatable bonds is 4. The van der Waals surface area contributed by atoms with E-state index in [1.807, 2.05) is 24.0 Å². The van der Waals surface area contributed by atoms with Crippen molar-refractivity contribution in [3.8, 4) is 0 Å². The van der Waals surface area contributed by atoms with Crippen molar-refractivity contribution in [3.05, 3.63) is 52.8 Å². The molecular formula is C22H30N4O. The van der Waals surface area contributed by atoms with Gasteiger partial charge in [0.15, 0.2) is 0 Å². The average molecular weight is 367 g/mol. The number of amides is 1. The van der Waals surface area contributed by atoms with Gasteiger partial charge >= 0.3 is 0 Å². The second-order valence-corrected chi connectivity index (χ2v) is 8.10. The zero-order valence-electron chi connectivity index (χ0n) is 16.5. The van der Waals surface area contributed by atoms with Gasteiger partial charge in [0, 0.05) is 30.9 Å². The number of aryl methyl sites for hydroxylation is 2. The summed E-state index contributed by atoms with van der Waals surface area (Å²) < 4.78 is 2.09. The Balaban J connectivity index is 1.37. The van der Waals surface area contributed by atoms with Crippen LogP contribution < -0.4 is 0 Å². The van der Waals surface area contributed by atoms with Gasteiger partial charge in [-0.15, -0.1) is 0 Å². The van der Waals surface area contributed by atoms with Crippen molar-refractivity contribution in [2.24, 2.45) is 0 Å². The molecule has 0 unspecified atom stereocenters. The molecule has 0 N–H and O–H groups in total. The molecule has 5 heteroatoms. The lowest BCUT2D eigenvalue weighted by Gasteiger charge is -2.26. The summed E-state index contributed by atoms with van der Waals surface area (Å²) in [5.74, 6) is 0.142. The summed E-state index contributed by atoms with van der Waals surface area (Å²) >= 11 is 0. The van der Waals surface area contributed by atoms with Crippen LogP contribution in [0.5, 0.6) is 0 Å². The Morgan fingerprint density at radius 3 is 2.48 bits per heavy atom. The number of benzene rings is 1. The molecule has 2 aliphatic rings. The number of hydrogen-bond acceptors (Lipinski definition) is 3. The Kier molecular flexibility index (Phi) is 5.30. The summed E-state index contributed by atoms with van der Waals surface area (Å²) in [6.45, 7) is 9.05. The lowest BCUT2D eigenvalue weighted by molar-refractivity contribution is 0.0787. The van der Waals surface area contributed by atoms with Gasteiger partial charge in [-0.25, -0.2) is 0 Å². The smallest absolute Gasteiger partial charge is 0.253 e. The highest BCUT2D eigenvalue weighted by atomic mass is 16.2. The van der Waals surface area contributed by atoms with Gasteiger partial charge in [0.25, 0.3) is 5.91 Å². The molecule has 4 rings (SSSR count). The molecule has 0 saturated carbocycles. The van der Waals surface area contributed by atoms with Crippen LogP contribution in [0.2, 0.25) is 0 Å². The van der Waals surface area contributed by atoms with E-state index in [-0.39, 0.29) is 5.91 Å². The first-order valence-electron chi connectivity index (χ1n) is 10.2. The summed E-state index contributed by atoms with van der Waals surface area (Å²) in [6.07, 6.45) is 4.95. The minimum absolute atomic E-state index is 0.142. The van der Waals surface area contributed by atoms with Crippen LogP contribution in [-0.2, 0) is 6.54 Å². The average Bonchev–Trinajstić information content (AvgIpc) is 3.29. The van der Waals surface area contributed by atoms with Crippen molar-refractivity contribution < 1.29 is 4.79 Å². The molecule has 2 saturated heterocycles. The van der Waals surface area contributed by atoms with Gasteiger partial charge in [0.1, 0.15) is 0 Å². The van der Waals surface area contributed by atoms with E-state index >= 15 is 0 Å². The first kappa shape index (κ1) is 18.2. The number of aromatic nitrogens is 2. The summed E-state index contributed by atoms with van der Waals surface area (Å²) in [5.41, 5.74) is 4.32. The fraction of sp³-hybridized carbons (Fsp3) is 0.545. The second kappa shape index (κ2) is 7.85. The van der Waals surface area contributed by atoms with Crippen LogP contribution in [0.1, 0.15) is 59.0 Å². The highest BCUT2D eigenvalue weighted by Gasteiger charge is 2.29. The lowest BCUT2D eigenvalue weighted by atomic mass is 10.1. The molecule has 0 radical (unpaired) electrons. The second-order valence-electron chi connectivity index (χ2n) is 8.10. The number of hydrogen-bond donors (Lipinski definition) is 0. The predicted octanol–water partition coefficient (Wildman–Crippen LogP) is 3.57. The van der Waals surface area contributed by atoms with E-state index < -0.39 is 0 Å². The van der Waals surface area contributed by atoms with Crippen LogP contribution >= 0.6 is 0 Å². The molecular weight excluding hydrogens is 336 g/mol. The Hall–Kier alpha value is -2.14. The Morgan fingerprint density at radius 1 is 1.07 bits per heavy atom. The molecule has 144 valence electrons. The van der Waals surface area contributed by atoms with Gasteiger partial charge in [-0.3, -0.25) is 14.4 Å². The minimum Gasteiger partial charge on any atom is -0.336 e. The van der Waals surface area contributed by atoms with Gasteiger partial charge in [-0.2, -0.15) is 5.10 Å². The van der Waals surface area contributed by atoms with Gasteiger partial charge in [-0.1, -0.05) is 18.6 Å². The number of carbonyl (C=O) groups is 1. The molecule has 27 heavy (non-hydrogen) atoms. The van der Waals surface area contributed by atoms with Crippen molar-refractivity contribution >= 4 is 5.91 Å². The Morgan fingerprint density at radius 2 is 1.81 bits per heavy atom. The summed E-state index contributed by atoms with van der Waals surface area (Å²) in [7, 11) is 0. The first-order valence-corrected chi connectivity index (χ1v) is 10.2. The molecule has 5 nitrogen and oxygen atoms in total. The number of piperidine rings is 1. The third-order valence-electron chi connectivity index (χ3n) is 5.90. The molecule has 1 atom stereocenters. The normalized spacial score (nSPS) is 21.0. The fourth-order valence-corrected chi connectivity index (χ4v) is 4.45. The Labute approximate surface area is 162 Å². The molecule has 1 aromatic carbocycles. The van der Waals surface area contributed by atoms with Crippen molar-refractivity contribution in [3.63, 3.8) is 0 Å². The van der Waals surface area contributed by atoms with Crippen molar-refractivity contribution in [2.75, 3.05) is 26.2 Å². The molecule has 2 aromatic rings. The molecule has 0 bridgehead atoms. The van der Waals surface area contributed by atoms with Gasteiger partial charge < -0.3 is 4.90 Å². The van der Waals surface area contributed by atoms with E-state index in [1.54, 1.807) is 0 Å². The third kappa shape index (κ3) is 4.08. The zero-order valence-corrected chi connectivity index (χ0v) is 16.5. The maximum Gasteiger partial charge on any atom is 0.253 e. The number of carbonyl (C=O) groups excluding carboxylic acids is 1. The SMILES string of the molecule is Cc1cc(C)n([C@H]2CCN(C(=O)c3ccc(CN4CCCCC4)cc3)C2)n1. The third-order valence-corrected chi connectivity index (χ3v) is 5.90. The van der Waals surface area contributed by atoms with E-state index in [4.69, 9.17) is 0 Å². The highest BCUT2D eigenvalue weighted by Crippen LogP contribution is 2.24. The quantitative estimate of drug-likeness (QED) is 0.831. The van der Waals surface area contributed by atoms with Crippen LogP contribution in [0.3, 0.4) is 0 Å². The molecule has 1 amide bonds. The van der Waals surface area contributed by atoms with E-state index in [9.17, 15) is 4.79 Å². The summed E-state index contributed by atoms with van der Waals surface area (Å²) in [6, 6.07) is 10.6. The molecule has 2 fully saturated rings. The molecule has 3 heterocycles. The number of likely N-dealkylation sites (tertiary alicyclic amines) is 2. The topological polar surface area (TPSA) is 41.4 Å². The van der Waals surface area contributed by atoms with E-state index in [1.165, 1.54) is 43.6 Å². The molecule has 1 aromatic heterocycles. The molecule has 0 aliphatic carbocycles. The maximum atomic E-state index is 12.9. The van der Waals surface area contributed by atoms with Crippen molar-refractivity contribution in [1.82, 2.24) is 19.6 Å². The van der Waals surface area contributed by atoms with Gasteiger partial charge in [0.05, 0.1) is 11.7 Å². The van der Waals surface area contributed by atoms with Crippen LogP contribution in [0.25, 0.3) is 0 Å². The maximum absolute atomic E-state index is 12.9. The Bertz CT molecular complexity index is 789. The van der Waals surface area contributed by atoms with Gasteiger partial charge in [0.2, 0.25) is 0 Å². The number of nitrogens with zero attached hydrogens (tertiary/aromatic N) is 4. The highest BCUT2D eigenvalue weighted by molar-refractivity contribution is 5.94. The van der Waals surface area contributed by atoms with Crippen LogP contribution in [0, 0.1) is 13.8 Å².